The molecule has 0 fully saturated rings. The van der Waals surface area contributed by atoms with E-state index in [1.807, 2.05) is 6.92 Å². The van der Waals surface area contributed by atoms with Gasteiger partial charge in [0, 0.05) is 32.6 Å². The van der Waals surface area contributed by atoms with E-state index in [-0.39, 0.29) is 22.7 Å². The first kappa shape index (κ1) is 23.7. The maximum absolute atomic E-state index is 13.1. The molecule has 0 bridgehead atoms. The van der Waals surface area contributed by atoms with Crippen LogP contribution in [0.3, 0.4) is 0 Å². The second-order valence-electron chi connectivity index (χ2n) is 6.62. The Balaban J connectivity index is 1.92. The van der Waals surface area contributed by atoms with E-state index in [0.29, 0.717) is 9.92 Å². The van der Waals surface area contributed by atoms with Crippen LogP contribution in [-0.4, -0.2) is 38.3 Å². The lowest BCUT2D eigenvalue weighted by Crippen LogP contribution is -2.35. The summed E-state index contributed by atoms with van der Waals surface area (Å²) in [5.74, 6) is -1.69. The molecule has 1 aromatic heterocycles. The highest BCUT2D eigenvalue weighted by atomic mass is 35.5. The largest absolute Gasteiger partial charge is 0.480 e. The third-order valence-electron chi connectivity index (χ3n) is 4.31. The molecule has 3 rings (SSSR count). The molecule has 11 heteroatoms. The normalized spacial score (nSPS) is 10.7. The van der Waals surface area contributed by atoms with E-state index in [1.54, 1.807) is 30.5 Å². The first-order chi connectivity index (χ1) is 15.3. The Hall–Kier alpha value is -2.95. The standard InChI is InChI=1S/C21H18ClN3O5S2/c1-2-19-23-10-16(32-19)11-24(12-20(26)27)21(28)13-3-8-17(25(29)30)18(9-13)31-15-6-4-14(22)5-7-15/h3-10H,2,11-12H2,1H3,(H,26,27). The number of nitro benzene ring substituents is 1. The number of nitrogens with zero attached hydrogens (tertiary/aromatic N) is 3. The van der Waals surface area contributed by atoms with Gasteiger partial charge in [0.2, 0.25) is 0 Å². The first-order valence-corrected chi connectivity index (χ1v) is 11.4. The molecular weight excluding hydrogens is 474 g/mol. The van der Waals surface area contributed by atoms with Crippen LogP contribution < -0.4 is 0 Å². The van der Waals surface area contributed by atoms with E-state index in [9.17, 15) is 24.8 Å². The van der Waals surface area contributed by atoms with Gasteiger partial charge < -0.3 is 10.0 Å². The zero-order chi connectivity index (χ0) is 23.3. The van der Waals surface area contributed by atoms with Crippen molar-refractivity contribution < 1.29 is 19.6 Å². The van der Waals surface area contributed by atoms with Crippen LogP contribution in [0, 0.1) is 10.1 Å². The van der Waals surface area contributed by atoms with E-state index in [1.165, 1.54) is 34.4 Å². The fourth-order valence-corrected chi connectivity index (χ4v) is 4.79. The number of nitro groups is 1. The van der Waals surface area contributed by atoms with E-state index >= 15 is 0 Å². The maximum atomic E-state index is 13.1. The van der Waals surface area contributed by atoms with Gasteiger partial charge in [-0.1, -0.05) is 30.3 Å². The van der Waals surface area contributed by atoms with Gasteiger partial charge in [0.05, 0.1) is 21.4 Å². The third-order valence-corrected chi connectivity index (χ3v) is 6.74. The number of aromatic nitrogens is 1. The molecule has 166 valence electrons. The van der Waals surface area contributed by atoms with Crippen LogP contribution in [0.1, 0.15) is 27.2 Å². The van der Waals surface area contributed by atoms with Crippen LogP contribution in [0.15, 0.2) is 58.5 Å². The number of aryl methyl sites for hydroxylation is 1. The highest BCUT2D eigenvalue weighted by molar-refractivity contribution is 7.99. The maximum Gasteiger partial charge on any atom is 0.323 e. The summed E-state index contributed by atoms with van der Waals surface area (Å²) in [5.41, 5.74) is 0.00914. The number of hydrogen-bond acceptors (Lipinski definition) is 7. The smallest absolute Gasteiger partial charge is 0.323 e. The van der Waals surface area contributed by atoms with Crippen molar-refractivity contribution in [2.45, 2.75) is 29.7 Å². The van der Waals surface area contributed by atoms with Crippen LogP contribution in [0.5, 0.6) is 0 Å². The van der Waals surface area contributed by atoms with Gasteiger partial charge in [-0.3, -0.25) is 19.7 Å². The number of thiazole rings is 1. The minimum Gasteiger partial charge on any atom is -0.480 e. The summed E-state index contributed by atoms with van der Waals surface area (Å²) in [6.45, 7) is 1.54. The Morgan fingerprint density at radius 2 is 1.97 bits per heavy atom. The van der Waals surface area contributed by atoms with Crippen LogP contribution in [0.4, 0.5) is 5.69 Å². The molecule has 1 N–H and O–H groups in total. The minimum absolute atomic E-state index is 0.0828. The number of hydrogen-bond donors (Lipinski definition) is 1. The second kappa shape index (κ2) is 10.6. The van der Waals surface area contributed by atoms with Crippen molar-refractivity contribution in [3.63, 3.8) is 0 Å². The van der Waals surface area contributed by atoms with Gasteiger partial charge >= 0.3 is 5.97 Å². The van der Waals surface area contributed by atoms with E-state index in [0.717, 1.165) is 28.1 Å². The quantitative estimate of drug-likeness (QED) is 0.325. The van der Waals surface area contributed by atoms with Crippen LogP contribution >= 0.6 is 34.7 Å². The molecule has 0 radical (unpaired) electrons. The number of benzene rings is 2. The second-order valence-corrected chi connectivity index (χ2v) is 9.38. The molecule has 2 aromatic carbocycles. The molecule has 0 aliphatic rings. The van der Waals surface area contributed by atoms with Gasteiger partial charge in [-0.25, -0.2) is 4.98 Å². The summed E-state index contributed by atoms with van der Waals surface area (Å²) in [5, 5.41) is 22.2. The molecule has 0 aliphatic heterocycles. The fraction of sp³-hybridized carbons (Fsp3) is 0.190. The van der Waals surface area contributed by atoms with E-state index in [4.69, 9.17) is 11.6 Å². The number of amides is 1. The summed E-state index contributed by atoms with van der Waals surface area (Å²) in [6.07, 6.45) is 2.37. The summed E-state index contributed by atoms with van der Waals surface area (Å²) in [4.78, 5) is 42.6. The minimum atomic E-state index is -1.16. The van der Waals surface area contributed by atoms with Crippen molar-refractivity contribution in [2.75, 3.05) is 6.54 Å². The van der Waals surface area contributed by atoms with E-state index in [2.05, 4.69) is 4.98 Å². The van der Waals surface area contributed by atoms with Crippen LogP contribution in [0.25, 0.3) is 0 Å². The fourth-order valence-electron chi connectivity index (χ4n) is 2.83. The summed E-state index contributed by atoms with van der Waals surface area (Å²) >= 11 is 8.43. The van der Waals surface area contributed by atoms with Gasteiger partial charge in [-0.05, 0) is 42.8 Å². The molecule has 0 spiro atoms. The average Bonchev–Trinajstić information content (AvgIpc) is 3.21. The molecule has 0 saturated heterocycles. The summed E-state index contributed by atoms with van der Waals surface area (Å²) in [6, 6.07) is 10.8. The predicted molar refractivity (Wildman–Crippen MR) is 123 cm³/mol. The molecule has 32 heavy (non-hydrogen) atoms. The highest BCUT2D eigenvalue weighted by Crippen LogP contribution is 2.36. The van der Waals surface area contributed by atoms with Crippen molar-refractivity contribution in [1.82, 2.24) is 9.88 Å². The monoisotopic (exact) mass is 491 g/mol. The van der Waals surface area contributed by atoms with Crippen LogP contribution in [0.2, 0.25) is 5.02 Å². The number of aliphatic carboxylic acids is 1. The lowest BCUT2D eigenvalue weighted by Gasteiger charge is -2.20. The average molecular weight is 492 g/mol. The van der Waals surface area contributed by atoms with Gasteiger partial charge in [0.25, 0.3) is 11.6 Å². The lowest BCUT2D eigenvalue weighted by atomic mass is 10.1. The van der Waals surface area contributed by atoms with Gasteiger partial charge in [-0.15, -0.1) is 11.3 Å². The van der Waals surface area contributed by atoms with Crippen molar-refractivity contribution in [3.8, 4) is 0 Å². The van der Waals surface area contributed by atoms with Crippen molar-refractivity contribution in [3.05, 3.63) is 79.2 Å². The third kappa shape index (κ3) is 6.06. The molecule has 3 aromatic rings. The molecule has 0 aliphatic carbocycles. The Labute approximate surface area is 197 Å². The number of carbonyl (C=O) groups is 2. The number of carbonyl (C=O) groups excluding carboxylic acids is 1. The summed E-state index contributed by atoms with van der Waals surface area (Å²) in [7, 11) is 0. The SMILES string of the molecule is CCc1ncc(CN(CC(=O)O)C(=O)c2ccc([N+](=O)[O-])c(Sc3ccc(Cl)cc3)c2)s1. The number of carboxylic acid groups (broad SMARTS) is 1. The number of rotatable bonds is 9. The highest BCUT2D eigenvalue weighted by Gasteiger charge is 2.23. The predicted octanol–water partition coefficient (Wildman–Crippen LogP) is 5.15. The van der Waals surface area contributed by atoms with Gasteiger partial charge in [-0.2, -0.15) is 0 Å². The topological polar surface area (TPSA) is 114 Å². The first-order valence-electron chi connectivity index (χ1n) is 9.43. The number of halogens is 1. The van der Waals surface area contributed by atoms with Gasteiger partial charge in [0.15, 0.2) is 0 Å². The molecule has 8 nitrogen and oxygen atoms in total. The molecule has 1 amide bonds. The molecule has 0 unspecified atom stereocenters. The Kier molecular flexibility index (Phi) is 7.84. The van der Waals surface area contributed by atoms with Gasteiger partial charge in [0.1, 0.15) is 6.54 Å². The van der Waals surface area contributed by atoms with E-state index < -0.39 is 23.3 Å². The van der Waals surface area contributed by atoms with Crippen molar-refractivity contribution in [2.24, 2.45) is 0 Å². The lowest BCUT2D eigenvalue weighted by molar-refractivity contribution is -0.387. The molecule has 1 heterocycles. The molecular formula is C21H18ClN3O5S2. The molecule has 0 atom stereocenters. The zero-order valence-corrected chi connectivity index (χ0v) is 19.2. The molecule has 0 saturated carbocycles. The Morgan fingerprint density at radius 1 is 1.25 bits per heavy atom. The Bertz CT molecular complexity index is 1150. The van der Waals surface area contributed by atoms with Crippen LogP contribution in [-0.2, 0) is 17.8 Å². The zero-order valence-electron chi connectivity index (χ0n) is 16.9. The summed E-state index contributed by atoms with van der Waals surface area (Å²) < 4.78 is 0. The Morgan fingerprint density at radius 3 is 2.56 bits per heavy atom. The van der Waals surface area contributed by atoms with Crippen molar-refractivity contribution in [1.29, 1.82) is 0 Å². The van der Waals surface area contributed by atoms with Crippen molar-refractivity contribution >= 4 is 52.3 Å². The number of carboxylic acids is 1.